The van der Waals surface area contributed by atoms with Gasteiger partial charge >= 0.3 is 11.9 Å². The van der Waals surface area contributed by atoms with Crippen LogP contribution in [0, 0.1) is 22.7 Å². The number of hydrogen-bond acceptors (Lipinski definition) is 6. The Balaban J connectivity index is 1.44. The third-order valence-corrected chi connectivity index (χ3v) is 6.52. The Morgan fingerprint density at radius 1 is 0.846 bits per heavy atom. The van der Waals surface area contributed by atoms with Crippen molar-refractivity contribution in [3.63, 3.8) is 0 Å². The van der Waals surface area contributed by atoms with Crippen LogP contribution in [-0.4, -0.2) is 51.6 Å². The molecule has 1 aliphatic carbocycles. The van der Waals surface area contributed by atoms with E-state index in [1.165, 1.54) is 0 Å². The molecule has 3 rings (SSSR count). The second-order valence-corrected chi connectivity index (χ2v) is 8.47. The third kappa shape index (κ3) is 4.22. The number of carbonyl (C=O) groups excluding carboxylic acids is 2. The van der Waals surface area contributed by atoms with Crippen LogP contribution in [0.4, 0.5) is 0 Å². The van der Waals surface area contributed by atoms with Gasteiger partial charge in [-0.2, -0.15) is 0 Å². The highest BCUT2D eigenvalue weighted by molar-refractivity contribution is 5.76. The summed E-state index contributed by atoms with van der Waals surface area (Å²) in [5.74, 6) is -0.717. The summed E-state index contributed by atoms with van der Waals surface area (Å²) in [6.45, 7) is 7.70. The van der Waals surface area contributed by atoms with Crippen LogP contribution in [0.2, 0.25) is 0 Å². The minimum absolute atomic E-state index is 0.00196. The third-order valence-electron chi connectivity index (χ3n) is 6.52. The van der Waals surface area contributed by atoms with E-state index in [0.717, 1.165) is 32.1 Å². The summed E-state index contributed by atoms with van der Waals surface area (Å²) in [6.07, 6.45) is 4.90. The molecule has 2 atom stereocenters. The molecule has 0 spiro atoms. The molecular weight excluding hydrogens is 336 g/mol. The van der Waals surface area contributed by atoms with E-state index in [1.54, 1.807) is 0 Å². The first-order chi connectivity index (χ1) is 12.5. The molecule has 0 aromatic heterocycles. The number of carbonyl (C=O) groups is 2. The first kappa shape index (κ1) is 19.6. The van der Waals surface area contributed by atoms with Crippen molar-refractivity contribution in [1.82, 2.24) is 0 Å². The lowest BCUT2D eigenvalue weighted by Crippen LogP contribution is -2.47. The van der Waals surface area contributed by atoms with Crippen LogP contribution in [0.1, 0.15) is 52.4 Å². The lowest BCUT2D eigenvalue weighted by molar-refractivity contribution is -0.178. The van der Waals surface area contributed by atoms with Crippen LogP contribution in [-0.2, 0) is 28.5 Å². The zero-order chi connectivity index (χ0) is 18.6. The largest absolute Gasteiger partial charge is 0.465 e. The molecule has 2 heterocycles. The summed E-state index contributed by atoms with van der Waals surface area (Å²) in [4.78, 5) is 24.9. The predicted octanol–water partition coefficient (Wildman–Crippen LogP) is 2.73. The van der Waals surface area contributed by atoms with E-state index in [9.17, 15) is 9.59 Å². The van der Waals surface area contributed by atoms with Gasteiger partial charge < -0.3 is 18.9 Å². The predicted molar refractivity (Wildman–Crippen MR) is 94.5 cm³/mol. The molecule has 148 valence electrons. The van der Waals surface area contributed by atoms with Crippen LogP contribution in [0.5, 0.6) is 0 Å². The Kier molecular flexibility index (Phi) is 6.23. The lowest BCUT2D eigenvalue weighted by atomic mass is 9.81. The molecular formula is C20H32O6. The highest BCUT2D eigenvalue weighted by atomic mass is 16.6. The highest BCUT2D eigenvalue weighted by Gasteiger charge is 2.41. The van der Waals surface area contributed by atoms with Crippen molar-refractivity contribution in [2.45, 2.75) is 52.4 Å². The Hall–Kier alpha value is -1.14. The van der Waals surface area contributed by atoms with E-state index < -0.39 is 0 Å². The van der Waals surface area contributed by atoms with Crippen LogP contribution in [0.15, 0.2) is 0 Å². The van der Waals surface area contributed by atoms with Gasteiger partial charge in [0.2, 0.25) is 0 Å². The van der Waals surface area contributed by atoms with Gasteiger partial charge in [0.1, 0.15) is 13.2 Å². The molecule has 26 heavy (non-hydrogen) atoms. The van der Waals surface area contributed by atoms with E-state index in [-0.39, 0.29) is 34.6 Å². The topological polar surface area (TPSA) is 71.1 Å². The molecule has 0 radical (unpaired) electrons. The monoisotopic (exact) mass is 368 g/mol. The van der Waals surface area contributed by atoms with Gasteiger partial charge in [-0.25, -0.2) is 0 Å². The normalized spacial score (nSPS) is 29.2. The first-order valence-electron chi connectivity index (χ1n) is 10.0. The number of rotatable bonds is 8. The minimum atomic E-state index is -0.191. The van der Waals surface area contributed by atoms with Crippen molar-refractivity contribution >= 4 is 11.9 Å². The van der Waals surface area contributed by atoms with E-state index in [4.69, 9.17) is 18.9 Å². The maximum Gasteiger partial charge on any atom is 0.308 e. The summed E-state index contributed by atoms with van der Waals surface area (Å²) < 4.78 is 21.7. The molecule has 0 aromatic rings. The van der Waals surface area contributed by atoms with Crippen LogP contribution >= 0.6 is 0 Å². The van der Waals surface area contributed by atoms with E-state index in [2.05, 4.69) is 13.8 Å². The van der Waals surface area contributed by atoms with Crippen molar-refractivity contribution < 1.29 is 28.5 Å². The van der Waals surface area contributed by atoms with E-state index in [1.807, 2.05) is 0 Å². The van der Waals surface area contributed by atoms with Crippen molar-refractivity contribution in [2.75, 3.05) is 39.6 Å². The van der Waals surface area contributed by atoms with Gasteiger partial charge in [0.15, 0.2) is 0 Å². The number of esters is 2. The quantitative estimate of drug-likeness (QED) is 0.614. The molecule has 0 bridgehead atoms. The van der Waals surface area contributed by atoms with Gasteiger partial charge in [-0.1, -0.05) is 20.3 Å². The Morgan fingerprint density at radius 3 is 1.58 bits per heavy atom. The molecule has 0 amide bonds. The summed E-state index contributed by atoms with van der Waals surface area (Å²) in [5, 5.41) is 0. The minimum Gasteiger partial charge on any atom is -0.465 e. The molecule has 6 nitrogen and oxygen atoms in total. The summed E-state index contributed by atoms with van der Waals surface area (Å²) in [5.41, 5.74) is 0.00392. The van der Waals surface area contributed by atoms with Crippen LogP contribution < -0.4 is 0 Å². The fourth-order valence-electron chi connectivity index (χ4n) is 3.86. The van der Waals surface area contributed by atoms with E-state index >= 15 is 0 Å². The molecule has 3 fully saturated rings. The smallest absolute Gasteiger partial charge is 0.308 e. The van der Waals surface area contributed by atoms with Crippen molar-refractivity contribution in [3.8, 4) is 0 Å². The second-order valence-electron chi connectivity index (χ2n) is 8.47. The Labute approximate surface area is 155 Å². The number of ether oxygens (including phenoxy) is 4. The summed E-state index contributed by atoms with van der Waals surface area (Å²) in [6, 6.07) is 0. The maximum absolute atomic E-state index is 12.5. The van der Waals surface area contributed by atoms with Gasteiger partial charge in [-0.05, 0) is 32.1 Å². The number of hydrogen-bond donors (Lipinski definition) is 0. The standard InChI is InChI=1S/C20H32O6/c1-3-19(9-23-10-19)13-25-17(21)15-6-5-7-16(8-15)18(22)26-14-20(4-2)11-24-12-20/h15-16H,3-14H2,1-2H3. The zero-order valence-electron chi connectivity index (χ0n) is 16.1. The van der Waals surface area contributed by atoms with Gasteiger partial charge in [0, 0.05) is 0 Å². The molecule has 2 saturated heterocycles. The molecule has 2 unspecified atom stereocenters. The fraction of sp³-hybridized carbons (Fsp3) is 0.900. The average molecular weight is 368 g/mol. The van der Waals surface area contributed by atoms with Crippen molar-refractivity contribution in [2.24, 2.45) is 22.7 Å². The average Bonchev–Trinajstić information content (AvgIpc) is 2.60. The zero-order valence-corrected chi connectivity index (χ0v) is 16.1. The fourth-order valence-corrected chi connectivity index (χ4v) is 3.86. The lowest BCUT2D eigenvalue weighted by Gasteiger charge is -2.40. The Bertz CT molecular complexity index is 453. The summed E-state index contributed by atoms with van der Waals surface area (Å²) >= 11 is 0. The van der Waals surface area contributed by atoms with Crippen LogP contribution in [0.3, 0.4) is 0 Å². The molecule has 2 aliphatic heterocycles. The van der Waals surface area contributed by atoms with Gasteiger partial charge in [-0.15, -0.1) is 0 Å². The molecule has 0 N–H and O–H groups in total. The van der Waals surface area contributed by atoms with Gasteiger partial charge in [0.25, 0.3) is 0 Å². The second kappa shape index (κ2) is 8.26. The highest BCUT2D eigenvalue weighted by Crippen LogP contribution is 2.35. The van der Waals surface area contributed by atoms with Crippen LogP contribution in [0.25, 0.3) is 0 Å². The van der Waals surface area contributed by atoms with Gasteiger partial charge in [-0.3, -0.25) is 9.59 Å². The first-order valence-corrected chi connectivity index (χ1v) is 10.0. The molecule has 6 heteroatoms. The van der Waals surface area contributed by atoms with Gasteiger partial charge in [0.05, 0.1) is 49.1 Å². The Morgan fingerprint density at radius 2 is 1.27 bits per heavy atom. The molecule has 3 aliphatic rings. The van der Waals surface area contributed by atoms with Crippen molar-refractivity contribution in [1.29, 1.82) is 0 Å². The SMILES string of the molecule is CCC1(COC(=O)C2CCCC(C(=O)OCC3(CC)COC3)C2)COC1. The maximum atomic E-state index is 12.5. The van der Waals surface area contributed by atoms with Crippen molar-refractivity contribution in [3.05, 3.63) is 0 Å². The molecule has 0 aromatic carbocycles. The molecule has 1 saturated carbocycles. The summed E-state index contributed by atoms with van der Waals surface area (Å²) in [7, 11) is 0. The van der Waals surface area contributed by atoms with E-state index in [0.29, 0.717) is 46.1 Å².